The summed E-state index contributed by atoms with van der Waals surface area (Å²) in [7, 11) is 0. The monoisotopic (exact) mass is 377 g/mol. The van der Waals surface area contributed by atoms with Gasteiger partial charge in [0.1, 0.15) is 6.04 Å². The Morgan fingerprint density at radius 3 is 2.70 bits per heavy atom. The second kappa shape index (κ2) is 8.87. The van der Waals surface area contributed by atoms with Crippen LogP contribution in [0.1, 0.15) is 55.7 Å². The van der Waals surface area contributed by atoms with E-state index in [1.54, 1.807) is 13.3 Å². The minimum Gasteiger partial charge on any atom is -0.465 e. The van der Waals surface area contributed by atoms with Gasteiger partial charge in [-0.15, -0.1) is 0 Å². The summed E-state index contributed by atoms with van der Waals surface area (Å²) in [6.07, 6.45) is 6.05. The van der Waals surface area contributed by atoms with E-state index in [0.717, 1.165) is 31.6 Å². The van der Waals surface area contributed by atoms with Crippen LogP contribution in [0.2, 0.25) is 0 Å². The Morgan fingerprint density at radius 1 is 1.19 bits per heavy atom. The molecule has 0 amide bonds. The lowest BCUT2D eigenvalue weighted by Crippen LogP contribution is -2.50. The molecule has 1 saturated heterocycles. The fourth-order valence-electron chi connectivity index (χ4n) is 4.55. The van der Waals surface area contributed by atoms with E-state index in [4.69, 9.17) is 9.47 Å². The van der Waals surface area contributed by atoms with Crippen LogP contribution in [0, 0.1) is 24.7 Å². The van der Waals surface area contributed by atoms with Crippen LogP contribution in [0.4, 0.5) is 0 Å². The number of nitrogens with one attached hydrogen (secondary N) is 1. The molecule has 1 N–H and O–H groups in total. The van der Waals surface area contributed by atoms with Crippen LogP contribution in [-0.2, 0) is 20.8 Å². The average Bonchev–Trinajstić information content (AvgIpc) is 3.02. The van der Waals surface area contributed by atoms with Gasteiger partial charge in [0.05, 0.1) is 19.5 Å². The zero-order chi connectivity index (χ0) is 19.4. The summed E-state index contributed by atoms with van der Waals surface area (Å²) < 4.78 is 12.3. The highest BCUT2D eigenvalue weighted by Crippen LogP contribution is 2.39. The van der Waals surface area contributed by atoms with Crippen molar-refractivity contribution in [2.75, 3.05) is 19.8 Å². The highest BCUT2D eigenvalue weighted by Gasteiger charge is 2.38. The van der Waals surface area contributed by atoms with Crippen molar-refractivity contribution in [3.63, 3.8) is 0 Å². The summed E-state index contributed by atoms with van der Waals surface area (Å²) >= 11 is 0. The summed E-state index contributed by atoms with van der Waals surface area (Å²) in [5.74, 6) is 1.25. The van der Waals surface area contributed by atoms with E-state index in [1.165, 1.54) is 12.8 Å². The molecule has 1 aromatic rings. The molecule has 27 heavy (non-hydrogen) atoms. The van der Waals surface area contributed by atoms with Crippen LogP contribution in [0.5, 0.6) is 0 Å². The van der Waals surface area contributed by atoms with Gasteiger partial charge in [0.25, 0.3) is 0 Å². The third kappa shape index (κ3) is 4.51. The van der Waals surface area contributed by atoms with E-state index in [2.05, 4.69) is 14.9 Å². The number of hydrogen-bond acceptors (Lipinski definition) is 6. The first-order valence-corrected chi connectivity index (χ1v) is 10.1. The Kier molecular flexibility index (Phi) is 6.52. The van der Waals surface area contributed by atoms with Crippen molar-refractivity contribution in [2.45, 2.75) is 59.0 Å². The standard InChI is InChI=1S/C20H31N3O4/c1-4-26-19(24)17-9-16-8-14(6-7-15(16)10-21-17)11-23-12-22-18(13(23)3)20(25)27-5-2/h12,14-17,21H,4-11H2,1-3H3. The van der Waals surface area contributed by atoms with Crippen LogP contribution in [-0.4, -0.2) is 47.3 Å². The molecule has 2 aliphatic rings. The lowest BCUT2D eigenvalue weighted by Gasteiger charge is -2.42. The SMILES string of the molecule is CCOC(=O)c1ncn(CC2CCC3CNC(C(=O)OCC)CC3C2)c1C. The van der Waals surface area contributed by atoms with Gasteiger partial charge in [0.2, 0.25) is 0 Å². The zero-order valence-corrected chi connectivity index (χ0v) is 16.6. The summed E-state index contributed by atoms with van der Waals surface area (Å²) in [4.78, 5) is 28.3. The summed E-state index contributed by atoms with van der Waals surface area (Å²) in [6, 6.07) is -0.171. The number of imidazole rings is 1. The van der Waals surface area contributed by atoms with Gasteiger partial charge >= 0.3 is 11.9 Å². The fraction of sp³-hybridized carbons (Fsp3) is 0.750. The molecule has 0 spiro atoms. The quantitative estimate of drug-likeness (QED) is 0.766. The van der Waals surface area contributed by atoms with Crippen LogP contribution >= 0.6 is 0 Å². The first kappa shape index (κ1) is 19.9. The van der Waals surface area contributed by atoms with E-state index < -0.39 is 0 Å². The van der Waals surface area contributed by atoms with Gasteiger partial charge in [-0.25, -0.2) is 9.78 Å². The van der Waals surface area contributed by atoms with Crippen molar-refractivity contribution >= 4 is 11.9 Å². The fourth-order valence-corrected chi connectivity index (χ4v) is 4.55. The number of aromatic nitrogens is 2. The Bertz CT molecular complexity index is 672. The second-order valence-electron chi connectivity index (χ2n) is 7.70. The van der Waals surface area contributed by atoms with E-state index in [0.29, 0.717) is 36.7 Å². The van der Waals surface area contributed by atoms with Gasteiger partial charge in [0.15, 0.2) is 5.69 Å². The van der Waals surface area contributed by atoms with Gasteiger partial charge in [-0.3, -0.25) is 4.79 Å². The predicted octanol–water partition coefficient (Wildman–Crippen LogP) is 2.33. The smallest absolute Gasteiger partial charge is 0.358 e. The molecule has 1 saturated carbocycles. The molecule has 0 bridgehead atoms. The number of esters is 2. The molecule has 150 valence electrons. The molecule has 2 fully saturated rings. The molecule has 1 aromatic heterocycles. The molecule has 3 rings (SSSR count). The maximum Gasteiger partial charge on any atom is 0.358 e. The van der Waals surface area contributed by atoms with E-state index in [-0.39, 0.29) is 18.0 Å². The maximum atomic E-state index is 12.1. The third-order valence-electron chi connectivity index (χ3n) is 6.01. The van der Waals surface area contributed by atoms with Crippen molar-refractivity contribution in [1.82, 2.24) is 14.9 Å². The molecule has 4 atom stereocenters. The molecule has 1 aliphatic carbocycles. The first-order chi connectivity index (χ1) is 13.0. The molecular weight excluding hydrogens is 346 g/mol. The van der Waals surface area contributed by atoms with E-state index in [1.807, 2.05) is 13.8 Å². The number of carbonyl (C=O) groups excluding carboxylic acids is 2. The van der Waals surface area contributed by atoms with Crippen LogP contribution in [0.3, 0.4) is 0 Å². The van der Waals surface area contributed by atoms with Crippen molar-refractivity contribution in [3.8, 4) is 0 Å². The Morgan fingerprint density at radius 2 is 1.96 bits per heavy atom. The normalized spacial score (nSPS) is 27.7. The van der Waals surface area contributed by atoms with Crippen molar-refractivity contribution in [1.29, 1.82) is 0 Å². The van der Waals surface area contributed by atoms with Gasteiger partial charge in [-0.1, -0.05) is 0 Å². The van der Waals surface area contributed by atoms with Crippen molar-refractivity contribution in [3.05, 3.63) is 17.7 Å². The lowest BCUT2D eigenvalue weighted by molar-refractivity contribution is -0.147. The van der Waals surface area contributed by atoms with Crippen molar-refractivity contribution in [2.24, 2.45) is 17.8 Å². The largest absolute Gasteiger partial charge is 0.465 e. The topological polar surface area (TPSA) is 82.5 Å². The van der Waals surface area contributed by atoms with Gasteiger partial charge in [0, 0.05) is 12.2 Å². The van der Waals surface area contributed by atoms with Crippen LogP contribution in [0.15, 0.2) is 6.33 Å². The minimum absolute atomic E-state index is 0.123. The van der Waals surface area contributed by atoms with Crippen LogP contribution < -0.4 is 5.32 Å². The van der Waals surface area contributed by atoms with Crippen LogP contribution in [0.25, 0.3) is 0 Å². The summed E-state index contributed by atoms with van der Waals surface area (Å²) in [5.41, 5.74) is 1.28. The van der Waals surface area contributed by atoms with Gasteiger partial charge < -0.3 is 19.4 Å². The predicted molar refractivity (Wildman–Crippen MR) is 100 cm³/mol. The molecule has 7 heteroatoms. The van der Waals surface area contributed by atoms with Gasteiger partial charge in [-0.2, -0.15) is 0 Å². The lowest BCUT2D eigenvalue weighted by atomic mass is 9.69. The molecule has 2 heterocycles. The number of carbonyl (C=O) groups is 2. The Labute approximate surface area is 160 Å². The maximum absolute atomic E-state index is 12.1. The highest BCUT2D eigenvalue weighted by molar-refractivity contribution is 5.88. The number of rotatable bonds is 6. The molecule has 0 radical (unpaired) electrons. The van der Waals surface area contributed by atoms with E-state index in [9.17, 15) is 9.59 Å². The number of nitrogens with zero attached hydrogens (tertiary/aromatic N) is 2. The molecule has 4 unspecified atom stereocenters. The van der Waals surface area contributed by atoms with Gasteiger partial charge in [-0.05, 0) is 70.8 Å². The number of piperidine rings is 1. The second-order valence-corrected chi connectivity index (χ2v) is 7.70. The first-order valence-electron chi connectivity index (χ1n) is 10.1. The number of ether oxygens (including phenoxy) is 2. The molecule has 1 aliphatic heterocycles. The zero-order valence-electron chi connectivity index (χ0n) is 16.6. The molecular formula is C20H31N3O4. The average molecular weight is 377 g/mol. The Hall–Kier alpha value is -1.89. The number of fused-ring (bicyclic) bond motifs is 1. The molecule has 0 aromatic carbocycles. The number of hydrogen-bond donors (Lipinski definition) is 1. The van der Waals surface area contributed by atoms with E-state index >= 15 is 0 Å². The molecule has 7 nitrogen and oxygen atoms in total. The van der Waals surface area contributed by atoms with Crippen molar-refractivity contribution < 1.29 is 19.1 Å². The highest BCUT2D eigenvalue weighted by atomic mass is 16.5. The minimum atomic E-state index is -0.354. The third-order valence-corrected chi connectivity index (χ3v) is 6.01. The summed E-state index contributed by atoms with van der Waals surface area (Å²) in [6.45, 7) is 8.11. The Balaban J connectivity index is 1.60. The summed E-state index contributed by atoms with van der Waals surface area (Å²) in [5, 5.41) is 3.36.